The highest BCUT2D eigenvalue weighted by atomic mass is 16.2. The molecule has 0 radical (unpaired) electrons. The van der Waals surface area contributed by atoms with Crippen molar-refractivity contribution in [2.45, 2.75) is 26.7 Å². The molecule has 2 rings (SSSR count). The zero-order chi connectivity index (χ0) is 18.9. The molecule has 0 saturated carbocycles. The van der Waals surface area contributed by atoms with E-state index in [9.17, 15) is 14.4 Å². The van der Waals surface area contributed by atoms with Gasteiger partial charge in [-0.25, -0.2) is 0 Å². The minimum Gasteiger partial charge on any atom is -0.352 e. The molecule has 0 aliphatic heterocycles. The third kappa shape index (κ3) is 5.44. The molecule has 0 fully saturated rings. The highest BCUT2D eigenvalue weighted by molar-refractivity contribution is 6.09. The number of unbranched alkanes of at least 4 members (excludes halogenated alkanes) is 1. The molecule has 136 valence electrons. The summed E-state index contributed by atoms with van der Waals surface area (Å²) >= 11 is 0. The van der Waals surface area contributed by atoms with Crippen LogP contribution >= 0.6 is 0 Å². The van der Waals surface area contributed by atoms with Crippen molar-refractivity contribution in [2.24, 2.45) is 0 Å². The molecule has 2 aromatic rings. The molecule has 0 aromatic heterocycles. The van der Waals surface area contributed by atoms with E-state index < -0.39 is 0 Å². The molecule has 0 spiro atoms. The Balaban J connectivity index is 2.09. The van der Waals surface area contributed by atoms with Gasteiger partial charge < -0.3 is 16.0 Å². The number of para-hydroxylation sites is 1. The zero-order valence-electron chi connectivity index (χ0n) is 15.0. The van der Waals surface area contributed by atoms with Crippen molar-refractivity contribution in [1.29, 1.82) is 0 Å². The van der Waals surface area contributed by atoms with Crippen LogP contribution in [0.5, 0.6) is 0 Å². The van der Waals surface area contributed by atoms with Crippen molar-refractivity contribution in [1.82, 2.24) is 5.32 Å². The number of hydrogen-bond donors (Lipinski definition) is 3. The largest absolute Gasteiger partial charge is 0.352 e. The van der Waals surface area contributed by atoms with Crippen molar-refractivity contribution >= 4 is 29.1 Å². The standard InChI is InChI=1S/C20H23N3O3/c1-3-4-13-21-20(26)17-7-5-6-8-18(17)23-19(25)15-9-11-16(12-10-15)22-14(2)24/h5-12H,3-4,13H2,1-2H3,(H,21,26)(H,22,24)(H,23,25). The Kier molecular flexibility index (Phi) is 6.91. The van der Waals surface area contributed by atoms with Crippen molar-refractivity contribution in [3.8, 4) is 0 Å². The fourth-order valence-electron chi connectivity index (χ4n) is 2.37. The first-order valence-corrected chi connectivity index (χ1v) is 8.57. The van der Waals surface area contributed by atoms with Gasteiger partial charge in [0.25, 0.3) is 11.8 Å². The second-order valence-electron chi connectivity index (χ2n) is 5.87. The van der Waals surface area contributed by atoms with Crippen molar-refractivity contribution < 1.29 is 14.4 Å². The van der Waals surface area contributed by atoms with E-state index in [-0.39, 0.29) is 17.7 Å². The lowest BCUT2D eigenvalue weighted by molar-refractivity contribution is -0.114. The summed E-state index contributed by atoms with van der Waals surface area (Å²) in [7, 11) is 0. The van der Waals surface area contributed by atoms with Gasteiger partial charge in [-0.2, -0.15) is 0 Å². The van der Waals surface area contributed by atoms with Crippen LogP contribution in [-0.4, -0.2) is 24.3 Å². The predicted molar refractivity (Wildman–Crippen MR) is 102 cm³/mol. The Bertz CT molecular complexity index is 785. The Morgan fingerprint density at radius 3 is 2.23 bits per heavy atom. The number of amides is 3. The summed E-state index contributed by atoms with van der Waals surface area (Å²) in [6.45, 7) is 4.07. The number of benzene rings is 2. The molecule has 0 aliphatic carbocycles. The van der Waals surface area contributed by atoms with Crippen molar-refractivity contribution in [3.05, 3.63) is 59.7 Å². The molecule has 0 aliphatic rings. The lowest BCUT2D eigenvalue weighted by Gasteiger charge is -2.11. The second-order valence-corrected chi connectivity index (χ2v) is 5.87. The van der Waals surface area contributed by atoms with E-state index in [1.165, 1.54) is 6.92 Å². The Morgan fingerprint density at radius 1 is 0.885 bits per heavy atom. The smallest absolute Gasteiger partial charge is 0.255 e. The molecule has 0 unspecified atom stereocenters. The Morgan fingerprint density at radius 2 is 1.58 bits per heavy atom. The maximum atomic E-state index is 12.5. The quantitative estimate of drug-likeness (QED) is 0.667. The number of carbonyl (C=O) groups excluding carboxylic acids is 3. The molecule has 2 aromatic carbocycles. The maximum Gasteiger partial charge on any atom is 0.255 e. The fourth-order valence-corrected chi connectivity index (χ4v) is 2.37. The molecule has 0 saturated heterocycles. The van der Waals surface area contributed by atoms with Crippen LogP contribution in [0, 0.1) is 0 Å². The first-order valence-electron chi connectivity index (χ1n) is 8.57. The van der Waals surface area contributed by atoms with Crippen LogP contribution in [0.2, 0.25) is 0 Å². The third-order valence-electron chi connectivity index (χ3n) is 3.70. The van der Waals surface area contributed by atoms with Gasteiger partial charge in [-0.3, -0.25) is 14.4 Å². The highest BCUT2D eigenvalue weighted by Crippen LogP contribution is 2.17. The van der Waals surface area contributed by atoms with Gasteiger partial charge in [0.15, 0.2) is 0 Å². The summed E-state index contributed by atoms with van der Waals surface area (Å²) in [4.78, 5) is 35.8. The molecule has 3 amide bonds. The molecule has 6 nitrogen and oxygen atoms in total. The van der Waals surface area contributed by atoms with Crippen LogP contribution in [0.3, 0.4) is 0 Å². The number of nitrogens with one attached hydrogen (secondary N) is 3. The van der Waals surface area contributed by atoms with Crippen LogP contribution in [-0.2, 0) is 4.79 Å². The van der Waals surface area contributed by atoms with Gasteiger partial charge in [0, 0.05) is 24.7 Å². The number of carbonyl (C=O) groups is 3. The lowest BCUT2D eigenvalue weighted by Crippen LogP contribution is -2.26. The number of hydrogen-bond acceptors (Lipinski definition) is 3. The summed E-state index contributed by atoms with van der Waals surface area (Å²) in [5.74, 6) is -0.714. The predicted octanol–water partition coefficient (Wildman–Crippen LogP) is 3.43. The van der Waals surface area contributed by atoms with Crippen LogP contribution in [0.15, 0.2) is 48.5 Å². The topological polar surface area (TPSA) is 87.3 Å². The molecular weight excluding hydrogens is 330 g/mol. The van der Waals surface area contributed by atoms with Gasteiger partial charge in [0.2, 0.25) is 5.91 Å². The van der Waals surface area contributed by atoms with E-state index in [4.69, 9.17) is 0 Å². The van der Waals surface area contributed by atoms with Gasteiger partial charge in [0.05, 0.1) is 11.3 Å². The number of rotatable bonds is 7. The molecule has 0 heterocycles. The monoisotopic (exact) mass is 353 g/mol. The highest BCUT2D eigenvalue weighted by Gasteiger charge is 2.13. The summed E-state index contributed by atoms with van der Waals surface area (Å²) in [5.41, 5.74) is 1.93. The van der Waals surface area contributed by atoms with E-state index in [0.29, 0.717) is 29.0 Å². The van der Waals surface area contributed by atoms with Crippen LogP contribution in [0.4, 0.5) is 11.4 Å². The fraction of sp³-hybridized carbons (Fsp3) is 0.250. The summed E-state index contributed by atoms with van der Waals surface area (Å²) in [6, 6.07) is 13.4. The summed E-state index contributed by atoms with van der Waals surface area (Å²) < 4.78 is 0. The maximum absolute atomic E-state index is 12.5. The van der Waals surface area contributed by atoms with Crippen LogP contribution < -0.4 is 16.0 Å². The van der Waals surface area contributed by atoms with E-state index in [0.717, 1.165) is 12.8 Å². The van der Waals surface area contributed by atoms with Gasteiger partial charge in [-0.05, 0) is 42.8 Å². The zero-order valence-corrected chi connectivity index (χ0v) is 15.0. The summed E-state index contributed by atoms with van der Waals surface area (Å²) in [6.07, 6.45) is 1.90. The van der Waals surface area contributed by atoms with Crippen LogP contribution in [0.1, 0.15) is 47.4 Å². The van der Waals surface area contributed by atoms with Crippen molar-refractivity contribution in [2.75, 3.05) is 17.2 Å². The Hall–Kier alpha value is -3.15. The minimum atomic E-state index is -0.326. The van der Waals surface area contributed by atoms with Gasteiger partial charge in [-0.15, -0.1) is 0 Å². The Labute approximate surface area is 153 Å². The third-order valence-corrected chi connectivity index (χ3v) is 3.70. The van der Waals surface area contributed by atoms with Crippen LogP contribution in [0.25, 0.3) is 0 Å². The molecule has 26 heavy (non-hydrogen) atoms. The van der Waals surface area contributed by atoms with Crippen molar-refractivity contribution in [3.63, 3.8) is 0 Å². The van der Waals surface area contributed by atoms with E-state index >= 15 is 0 Å². The van der Waals surface area contributed by atoms with E-state index in [2.05, 4.69) is 22.9 Å². The molecular formula is C20H23N3O3. The normalized spacial score (nSPS) is 10.1. The average Bonchev–Trinajstić information content (AvgIpc) is 2.62. The second kappa shape index (κ2) is 9.36. The SMILES string of the molecule is CCCCNC(=O)c1ccccc1NC(=O)c1ccc(NC(C)=O)cc1. The summed E-state index contributed by atoms with van der Waals surface area (Å²) in [5, 5.41) is 8.27. The number of anilines is 2. The first-order chi connectivity index (χ1) is 12.5. The molecule has 0 bridgehead atoms. The van der Waals surface area contributed by atoms with Gasteiger partial charge in [0.1, 0.15) is 0 Å². The van der Waals surface area contributed by atoms with Gasteiger partial charge >= 0.3 is 0 Å². The van der Waals surface area contributed by atoms with E-state index in [1.54, 1.807) is 48.5 Å². The minimum absolute atomic E-state index is 0.176. The molecule has 3 N–H and O–H groups in total. The molecule has 6 heteroatoms. The lowest BCUT2D eigenvalue weighted by atomic mass is 10.1. The average molecular weight is 353 g/mol. The van der Waals surface area contributed by atoms with Gasteiger partial charge in [-0.1, -0.05) is 25.5 Å². The first kappa shape index (κ1) is 19.2. The van der Waals surface area contributed by atoms with E-state index in [1.807, 2.05) is 0 Å². The molecule has 0 atom stereocenters.